The minimum absolute atomic E-state index is 0.681. The van der Waals surface area contributed by atoms with Crippen LogP contribution in [0, 0.1) is 5.92 Å². The van der Waals surface area contributed by atoms with Crippen LogP contribution in [0.25, 0.3) is 0 Å². The van der Waals surface area contributed by atoms with E-state index in [0.29, 0.717) is 5.92 Å². The number of nitrogens with one attached hydrogen (secondary N) is 1. The Morgan fingerprint density at radius 1 is 1.29 bits per heavy atom. The number of aromatic nitrogens is 1. The SMILES string of the molecule is CCOCCN(CC)c1nc(CC)c(CNCC(C)C)s1. The molecule has 5 heteroatoms. The number of thiazole rings is 1. The van der Waals surface area contributed by atoms with Gasteiger partial charge in [0.15, 0.2) is 5.13 Å². The van der Waals surface area contributed by atoms with Gasteiger partial charge < -0.3 is 15.0 Å². The van der Waals surface area contributed by atoms with Crippen LogP contribution in [0.3, 0.4) is 0 Å². The van der Waals surface area contributed by atoms with Gasteiger partial charge in [0.2, 0.25) is 0 Å². The lowest BCUT2D eigenvalue weighted by molar-refractivity contribution is 0.154. The first kappa shape index (κ1) is 18.4. The lowest BCUT2D eigenvalue weighted by atomic mass is 10.2. The van der Waals surface area contributed by atoms with Crippen LogP contribution >= 0.6 is 11.3 Å². The second-order valence-corrected chi connectivity index (χ2v) is 6.58. The molecule has 0 saturated carbocycles. The van der Waals surface area contributed by atoms with E-state index in [1.54, 1.807) is 0 Å². The summed E-state index contributed by atoms with van der Waals surface area (Å²) in [6.45, 7) is 16.3. The highest BCUT2D eigenvalue weighted by Crippen LogP contribution is 2.26. The molecule has 0 bridgehead atoms. The first-order chi connectivity index (χ1) is 10.1. The molecule has 1 N–H and O–H groups in total. The number of likely N-dealkylation sites (N-methyl/N-ethyl adjacent to an activating group) is 1. The van der Waals surface area contributed by atoms with Crippen molar-refractivity contribution in [1.29, 1.82) is 0 Å². The Kier molecular flexibility index (Phi) is 8.88. The van der Waals surface area contributed by atoms with Gasteiger partial charge >= 0.3 is 0 Å². The van der Waals surface area contributed by atoms with Gasteiger partial charge in [-0.25, -0.2) is 4.98 Å². The fourth-order valence-electron chi connectivity index (χ4n) is 2.10. The van der Waals surface area contributed by atoms with Gasteiger partial charge in [0, 0.05) is 31.1 Å². The molecule has 0 radical (unpaired) electrons. The van der Waals surface area contributed by atoms with Crippen molar-refractivity contribution < 1.29 is 4.74 Å². The van der Waals surface area contributed by atoms with Crippen molar-refractivity contribution in [2.24, 2.45) is 5.92 Å². The van der Waals surface area contributed by atoms with Gasteiger partial charge in [0.1, 0.15) is 0 Å². The molecule has 1 rings (SSSR count). The predicted molar refractivity (Wildman–Crippen MR) is 92.4 cm³/mol. The first-order valence-electron chi connectivity index (χ1n) is 8.14. The summed E-state index contributed by atoms with van der Waals surface area (Å²) in [6.07, 6.45) is 0.998. The van der Waals surface area contributed by atoms with E-state index in [9.17, 15) is 0 Å². The van der Waals surface area contributed by atoms with Gasteiger partial charge in [-0.15, -0.1) is 11.3 Å². The monoisotopic (exact) mass is 313 g/mol. The van der Waals surface area contributed by atoms with Crippen LogP contribution in [0.4, 0.5) is 5.13 Å². The Bertz CT molecular complexity index is 393. The summed E-state index contributed by atoms with van der Waals surface area (Å²) in [7, 11) is 0. The molecule has 1 aromatic rings. The molecular weight excluding hydrogens is 282 g/mol. The normalized spacial score (nSPS) is 11.3. The van der Waals surface area contributed by atoms with Crippen LogP contribution in [-0.2, 0) is 17.7 Å². The zero-order valence-electron chi connectivity index (χ0n) is 14.2. The molecule has 0 atom stereocenters. The second kappa shape index (κ2) is 10.1. The molecule has 0 aliphatic carbocycles. The summed E-state index contributed by atoms with van der Waals surface area (Å²) in [5.41, 5.74) is 1.24. The molecule has 0 aromatic carbocycles. The average molecular weight is 314 g/mol. The summed E-state index contributed by atoms with van der Waals surface area (Å²) in [5.74, 6) is 0.681. The molecule has 122 valence electrons. The van der Waals surface area contributed by atoms with E-state index in [4.69, 9.17) is 9.72 Å². The van der Waals surface area contributed by atoms with Crippen molar-refractivity contribution in [3.63, 3.8) is 0 Å². The number of hydrogen-bond acceptors (Lipinski definition) is 5. The van der Waals surface area contributed by atoms with Crippen LogP contribution in [0.2, 0.25) is 0 Å². The molecule has 0 unspecified atom stereocenters. The maximum absolute atomic E-state index is 5.46. The molecule has 0 amide bonds. The molecule has 0 saturated heterocycles. The van der Waals surface area contributed by atoms with E-state index in [2.05, 4.69) is 37.9 Å². The Hall–Kier alpha value is -0.650. The predicted octanol–water partition coefficient (Wildman–Crippen LogP) is 3.31. The molecule has 21 heavy (non-hydrogen) atoms. The number of rotatable bonds is 11. The highest BCUT2D eigenvalue weighted by Gasteiger charge is 2.14. The highest BCUT2D eigenvalue weighted by atomic mass is 32.1. The van der Waals surface area contributed by atoms with Crippen molar-refractivity contribution in [3.05, 3.63) is 10.6 Å². The number of nitrogens with zero attached hydrogens (tertiary/aromatic N) is 2. The molecule has 0 fully saturated rings. The largest absolute Gasteiger partial charge is 0.380 e. The molecule has 1 aromatic heterocycles. The summed E-state index contributed by atoms with van der Waals surface area (Å²) >= 11 is 1.82. The van der Waals surface area contributed by atoms with Crippen LogP contribution in [0.1, 0.15) is 45.2 Å². The summed E-state index contributed by atoms with van der Waals surface area (Å²) in [6, 6.07) is 0. The van der Waals surface area contributed by atoms with Crippen molar-refractivity contribution in [3.8, 4) is 0 Å². The minimum atomic E-state index is 0.681. The summed E-state index contributed by atoms with van der Waals surface area (Å²) in [4.78, 5) is 8.51. The fraction of sp³-hybridized carbons (Fsp3) is 0.812. The molecule has 1 heterocycles. The maximum atomic E-state index is 5.46. The third-order valence-corrected chi connectivity index (χ3v) is 4.46. The third-order valence-electron chi connectivity index (χ3n) is 3.30. The Morgan fingerprint density at radius 3 is 2.62 bits per heavy atom. The van der Waals surface area contributed by atoms with E-state index in [0.717, 1.165) is 50.9 Å². The van der Waals surface area contributed by atoms with Crippen molar-refractivity contribution in [2.45, 2.75) is 47.6 Å². The average Bonchev–Trinajstić information content (AvgIpc) is 2.86. The zero-order chi connectivity index (χ0) is 15.7. The van der Waals surface area contributed by atoms with E-state index in [1.165, 1.54) is 10.6 Å². The lowest BCUT2D eigenvalue weighted by Crippen LogP contribution is -2.27. The second-order valence-electron chi connectivity index (χ2n) is 5.52. The number of hydrogen-bond donors (Lipinski definition) is 1. The van der Waals surface area contributed by atoms with E-state index >= 15 is 0 Å². The van der Waals surface area contributed by atoms with Crippen LogP contribution in [-0.4, -0.2) is 37.8 Å². The Balaban J connectivity index is 2.66. The van der Waals surface area contributed by atoms with Crippen molar-refractivity contribution in [2.75, 3.05) is 37.7 Å². The van der Waals surface area contributed by atoms with Gasteiger partial charge in [-0.1, -0.05) is 20.8 Å². The Morgan fingerprint density at radius 2 is 2.05 bits per heavy atom. The van der Waals surface area contributed by atoms with Gasteiger partial charge in [-0.05, 0) is 32.7 Å². The molecular formula is C16H31N3OS. The van der Waals surface area contributed by atoms with Crippen LogP contribution in [0.15, 0.2) is 0 Å². The van der Waals surface area contributed by atoms with Gasteiger partial charge in [-0.2, -0.15) is 0 Å². The quantitative estimate of drug-likeness (QED) is 0.636. The zero-order valence-corrected chi connectivity index (χ0v) is 15.1. The van der Waals surface area contributed by atoms with Gasteiger partial charge in [0.05, 0.1) is 12.3 Å². The summed E-state index contributed by atoms with van der Waals surface area (Å²) in [5, 5.41) is 4.66. The van der Waals surface area contributed by atoms with Gasteiger partial charge in [0.25, 0.3) is 0 Å². The highest BCUT2D eigenvalue weighted by molar-refractivity contribution is 7.15. The smallest absolute Gasteiger partial charge is 0.185 e. The number of ether oxygens (including phenoxy) is 1. The van der Waals surface area contributed by atoms with E-state index in [-0.39, 0.29) is 0 Å². The lowest BCUT2D eigenvalue weighted by Gasteiger charge is -2.19. The molecule has 0 spiro atoms. The maximum Gasteiger partial charge on any atom is 0.185 e. The van der Waals surface area contributed by atoms with Crippen molar-refractivity contribution >= 4 is 16.5 Å². The minimum Gasteiger partial charge on any atom is -0.380 e. The van der Waals surface area contributed by atoms with Gasteiger partial charge in [-0.3, -0.25) is 0 Å². The third kappa shape index (κ3) is 6.32. The standard InChI is InChI=1S/C16H31N3OS/c1-6-14-15(12-17-11-13(4)5)21-16(18-14)19(7-2)9-10-20-8-3/h13,17H,6-12H2,1-5H3. The fourth-order valence-corrected chi connectivity index (χ4v) is 3.31. The summed E-state index contributed by atoms with van der Waals surface area (Å²) < 4.78 is 5.46. The van der Waals surface area contributed by atoms with E-state index < -0.39 is 0 Å². The first-order valence-corrected chi connectivity index (χ1v) is 8.95. The molecule has 0 aliphatic rings. The molecule has 4 nitrogen and oxygen atoms in total. The number of aryl methyl sites for hydroxylation is 1. The Labute approximate surface area is 133 Å². The number of anilines is 1. The van der Waals surface area contributed by atoms with E-state index in [1.807, 2.05) is 18.3 Å². The van der Waals surface area contributed by atoms with Crippen LogP contribution < -0.4 is 10.2 Å². The van der Waals surface area contributed by atoms with Crippen LogP contribution in [0.5, 0.6) is 0 Å². The topological polar surface area (TPSA) is 37.4 Å². The van der Waals surface area contributed by atoms with Crippen molar-refractivity contribution in [1.82, 2.24) is 10.3 Å². The molecule has 0 aliphatic heterocycles.